The number of esters is 1. The zero-order chi connectivity index (χ0) is 22.1. The van der Waals surface area contributed by atoms with Crippen LogP contribution in [0.2, 0.25) is 0 Å². The number of methoxy groups -OCH3 is 2. The van der Waals surface area contributed by atoms with Crippen molar-refractivity contribution >= 4 is 41.1 Å². The van der Waals surface area contributed by atoms with Gasteiger partial charge in [0.2, 0.25) is 0 Å². The summed E-state index contributed by atoms with van der Waals surface area (Å²) < 4.78 is 21.2. The van der Waals surface area contributed by atoms with Gasteiger partial charge in [-0.1, -0.05) is 12.1 Å². The van der Waals surface area contributed by atoms with E-state index in [2.05, 4.69) is 5.32 Å². The number of anilines is 1. The molecule has 1 saturated heterocycles. The molecule has 7 nitrogen and oxygen atoms in total. The standard InChI is InChI=1S/C22H25NO6S2/c1-26-18-10-16(11-19(12-18)27-2)23-20(24)13-29-21(25)14-28-17-6-4-15(5-7-17)22-30-8-3-9-31-22/h4-7,10-12,22H,3,8-9,13-14H2,1-2H3,(H,23,24). The average Bonchev–Trinajstić information content (AvgIpc) is 2.82. The third kappa shape index (κ3) is 7.29. The lowest BCUT2D eigenvalue weighted by Gasteiger charge is -2.21. The van der Waals surface area contributed by atoms with Gasteiger partial charge in [-0.2, -0.15) is 0 Å². The molecule has 1 fully saturated rings. The van der Waals surface area contributed by atoms with E-state index in [1.54, 1.807) is 18.2 Å². The zero-order valence-corrected chi connectivity index (χ0v) is 19.1. The van der Waals surface area contributed by atoms with Crippen LogP contribution in [0.5, 0.6) is 17.2 Å². The van der Waals surface area contributed by atoms with Crippen molar-refractivity contribution in [1.29, 1.82) is 0 Å². The zero-order valence-electron chi connectivity index (χ0n) is 17.4. The summed E-state index contributed by atoms with van der Waals surface area (Å²) in [5.41, 5.74) is 1.72. The summed E-state index contributed by atoms with van der Waals surface area (Å²) in [6.07, 6.45) is 1.25. The number of thioether (sulfide) groups is 2. The number of carbonyl (C=O) groups excluding carboxylic acids is 2. The Hall–Kier alpha value is -2.52. The van der Waals surface area contributed by atoms with Gasteiger partial charge in [-0.15, -0.1) is 23.5 Å². The Morgan fingerprint density at radius 1 is 0.935 bits per heavy atom. The van der Waals surface area contributed by atoms with Crippen molar-refractivity contribution in [1.82, 2.24) is 0 Å². The van der Waals surface area contributed by atoms with Gasteiger partial charge >= 0.3 is 5.97 Å². The van der Waals surface area contributed by atoms with Crippen LogP contribution in [0.25, 0.3) is 0 Å². The van der Waals surface area contributed by atoms with Crippen LogP contribution in [0.1, 0.15) is 16.6 Å². The number of amides is 1. The molecule has 0 saturated carbocycles. The Bertz CT molecular complexity index is 862. The minimum absolute atomic E-state index is 0.271. The van der Waals surface area contributed by atoms with Gasteiger partial charge in [0.05, 0.1) is 18.8 Å². The minimum atomic E-state index is -0.624. The minimum Gasteiger partial charge on any atom is -0.497 e. The molecule has 1 aliphatic rings. The maximum atomic E-state index is 12.1. The number of carbonyl (C=O) groups is 2. The molecule has 1 amide bonds. The summed E-state index contributed by atoms with van der Waals surface area (Å²) in [7, 11) is 3.03. The first-order valence-corrected chi connectivity index (χ1v) is 11.8. The number of hydrogen-bond donors (Lipinski definition) is 1. The fraction of sp³-hybridized carbons (Fsp3) is 0.364. The first-order chi connectivity index (χ1) is 15.1. The average molecular weight is 464 g/mol. The molecule has 1 aliphatic heterocycles. The highest BCUT2D eigenvalue weighted by Crippen LogP contribution is 2.43. The van der Waals surface area contributed by atoms with E-state index < -0.39 is 18.5 Å². The van der Waals surface area contributed by atoms with Crippen LogP contribution in [0.3, 0.4) is 0 Å². The molecule has 2 aromatic carbocycles. The fourth-order valence-electron chi connectivity index (χ4n) is 2.81. The van der Waals surface area contributed by atoms with Crippen LogP contribution in [-0.4, -0.2) is 50.8 Å². The Kier molecular flexibility index (Phi) is 8.78. The molecule has 0 unspecified atom stereocenters. The fourth-order valence-corrected chi connectivity index (χ4v) is 5.70. The van der Waals surface area contributed by atoms with Crippen molar-refractivity contribution in [3.63, 3.8) is 0 Å². The van der Waals surface area contributed by atoms with Crippen molar-refractivity contribution in [3.8, 4) is 17.2 Å². The highest BCUT2D eigenvalue weighted by atomic mass is 32.2. The highest BCUT2D eigenvalue weighted by Gasteiger charge is 2.16. The lowest BCUT2D eigenvalue weighted by atomic mass is 10.2. The molecule has 3 rings (SSSR count). The number of hydrogen-bond acceptors (Lipinski definition) is 8. The van der Waals surface area contributed by atoms with Gasteiger partial charge in [0.15, 0.2) is 13.2 Å². The number of rotatable bonds is 9. The molecule has 0 radical (unpaired) electrons. The molecule has 0 bridgehead atoms. The molecule has 0 atom stereocenters. The Labute approximate surface area is 190 Å². The molecule has 2 aromatic rings. The predicted octanol–water partition coefficient (Wildman–Crippen LogP) is 4.13. The molecule has 9 heteroatoms. The van der Waals surface area contributed by atoms with Crippen LogP contribution < -0.4 is 19.5 Å². The summed E-state index contributed by atoms with van der Waals surface area (Å²) in [5, 5.41) is 2.64. The topological polar surface area (TPSA) is 83.1 Å². The lowest BCUT2D eigenvalue weighted by Crippen LogP contribution is -2.23. The van der Waals surface area contributed by atoms with E-state index in [4.69, 9.17) is 18.9 Å². The van der Waals surface area contributed by atoms with E-state index in [1.165, 1.54) is 37.7 Å². The maximum absolute atomic E-state index is 12.1. The third-order valence-corrected chi connectivity index (χ3v) is 7.35. The monoisotopic (exact) mass is 463 g/mol. The lowest BCUT2D eigenvalue weighted by molar-refractivity contribution is -0.149. The first-order valence-electron chi connectivity index (χ1n) is 9.72. The summed E-state index contributed by atoms with van der Waals surface area (Å²) in [5.74, 6) is 2.91. The van der Waals surface area contributed by atoms with E-state index in [0.29, 0.717) is 27.5 Å². The van der Waals surface area contributed by atoms with Gasteiger partial charge in [0.25, 0.3) is 5.91 Å². The molecular formula is C22H25NO6S2. The van der Waals surface area contributed by atoms with Crippen LogP contribution in [0, 0.1) is 0 Å². The normalized spacial score (nSPS) is 13.9. The number of ether oxygens (including phenoxy) is 4. The largest absolute Gasteiger partial charge is 0.497 e. The highest BCUT2D eigenvalue weighted by molar-refractivity contribution is 8.16. The molecular weight excluding hydrogens is 438 g/mol. The first kappa shape index (κ1) is 23.1. The summed E-state index contributed by atoms with van der Waals surface area (Å²) in [4.78, 5) is 24.0. The second-order valence-electron chi connectivity index (χ2n) is 6.59. The molecule has 0 spiro atoms. The van der Waals surface area contributed by atoms with E-state index in [1.807, 2.05) is 47.8 Å². The smallest absolute Gasteiger partial charge is 0.344 e. The molecule has 1 N–H and O–H groups in total. The Balaban J connectivity index is 1.41. The maximum Gasteiger partial charge on any atom is 0.344 e. The SMILES string of the molecule is COc1cc(NC(=O)COC(=O)COc2ccc(C3SCCCS3)cc2)cc(OC)c1. The second kappa shape index (κ2) is 11.8. The van der Waals surface area contributed by atoms with Gasteiger partial charge in [-0.05, 0) is 35.6 Å². The molecule has 166 valence electrons. The molecule has 0 aromatic heterocycles. The number of benzene rings is 2. The van der Waals surface area contributed by atoms with Crippen LogP contribution in [-0.2, 0) is 14.3 Å². The predicted molar refractivity (Wildman–Crippen MR) is 123 cm³/mol. The van der Waals surface area contributed by atoms with Crippen molar-refractivity contribution in [2.24, 2.45) is 0 Å². The number of nitrogens with one attached hydrogen (secondary N) is 1. The second-order valence-corrected chi connectivity index (χ2v) is 9.32. The van der Waals surface area contributed by atoms with E-state index >= 15 is 0 Å². The Morgan fingerprint density at radius 2 is 1.58 bits per heavy atom. The van der Waals surface area contributed by atoms with Gasteiger partial charge in [-0.25, -0.2) is 4.79 Å². The summed E-state index contributed by atoms with van der Waals surface area (Å²) in [6.45, 7) is -0.691. The van der Waals surface area contributed by atoms with Gasteiger partial charge in [-0.3, -0.25) is 4.79 Å². The molecule has 31 heavy (non-hydrogen) atoms. The van der Waals surface area contributed by atoms with Crippen LogP contribution in [0.15, 0.2) is 42.5 Å². The van der Waals surface area contributed by atoms with E-state index in [9.17, 15) is 9.59 Å². The Morgan fingerprint density at radius 3 is 2.19 bits per heavy atom. The summed E-state index contributed by atoms with van der Waals surface area (Å²) >= 11 is 3.90. The third-order valence-electron chi connectivity index (χ3n) is 4.34. The van der Waals surface area contributed by atoms with Crippen LogP contribution >= 0.6 is 23.5 Å². The molecule has 0 aliphatic carbocycles. The van der Waals surface area contributed by atoms with Crippen molar-refractivity contribution in [2.75, 3.05) is 44.3 Å². The van der Waals surface area contributed by atoms with Gasteiger partial charge < -0.3 is 24.3 Å². The van der Waals surface area contributed by atoms with E-state index in [-0.39, 0.29) is 6.61 Å². The van der Waals surface area contributed by atoms with Crippen molar-refractivity contribution in [3.05, 3.63) is 48.0 Å². The van der Waals surface area contributed by atoms with Crippen molar-refractivity contribution in [2.45, 2.75) is 11.0 Å². The van der Waals surface area contributed by atoms with Gasteiger partial charge in [0, 0.05) is 23.9 Å². The summed E-state index contributed by atoms with van der Waals surface area (Å²) in [6, 6.07) is 12.7. The molecule has 1 heterocycles. The van der Waals surface area contributed by atoms with Gasteiger partial charge in [0.1, 0.15) is 17.2 Å². The van der Waals surface area contributed by atoms with Crippen LogP contribution in [0.4, 0.5) is 5.69 Å². The quantitative estimate of drug-likeness (QED) is 0.556. The van der Waals surface area contributed by atoms with E-state index in [0.717, 1.165) is 0 Å². The van der Waals surface area contributed by atoms with Crippen molar-refractivity contribution < 1.29 is 28.5 Å².